The fourth-order valence-corrected chi connectivity index (χ4v) is 6.91. The molecule has 3 heterocycles. The molecule has 1 fully saturated rings. The van der Waals surface area contributed by atoms with Crippen LogP contribution in [-0.2, 0) is 12.0 Å². The molecule has 3 nitrogen and oxygen atoms in total. The molecule has 2 atom stereocenters. The second-order valence-electron chi connectivity index (χ2n) is 11.1. The molecule has 2 aliphatic rings. The third-order valence-electron chi connectivity index (χ3n) is 9.46. The summed E-state index contributed by atoms with van der Waals surface area (Å²) < 4.78 is 2.63. The van der Waals surface area contributed by atoms with Crippen LogP contribution in [0.5, 0.6) is 0 Å². The van der Waals surface area contributed by atoms with Gasteiger partial charge >= 0.3 is 6.98 Å². The highest BCUT2D eigenvalue weighted by Crippen LogP contribution is 2.54. The van der Waals surface area contributed by atoms with Crippen LogP contribution in [0.4, 0.5) is 5.82 Å². The van der Waals surface area contributed by atoms with Gasteiger partial charge in [-0.15, -0.1) is 0 Å². The van der Waals surface area contributed by atoms with Crippen molar-refractivity contribution < 1.29 is 4.57 Å². The predicted octanol–water partition coefficient (Wildman–Crippen LogP) is 6.69. The van der Waals surface area contributed by atoms with Gasteiger partial charge in [0.05, 0.1) is 18.1 Å². The zero-order chi connectivity index (χ0) is 24.1. The molecule has 2 unspecified atom stereocenters. The van der Waals surface area contributed by atoms with Crippen molar-refractivity contribution in [1.82, 2.24) is 4.81 Å². The minimum Gasteiger partial charge on any atom is -0.308 e. The second kappa shape index (κ2) is 8.71. The molecular formula is C30H41BN3+. The maximum Gasteiger partial charge on any atom is 0.474 e. The summed E-state index contributed by atoms with van der Waals surface area (Å²) >= 11 is 0. The summed E-state index contributed by atoms with van der Waals surface area (Å²) in [6, 6.07) is 18.6. The molecule has 1 saturated heterocycles. The standard InChI is InChI=1S/C30H41BN3/c1-7-10-12-23-15-17-27-24(21-23)13-11-14-26(27)25-16-18-28-33(22-25)30(5,9-3)29(4,8-2)31-32(6)19-20-34(28)31/h11,13-18,21-22H,7-10,12,19-20H2,1-6H3/q+1. The highest BCUT2D eigenvalue weighted by Gasteiger charge is 2.67. The van der Waals surface area contributed by atoms with Crippen molar-refractivity contribution in [2.45, 2.75) is 77.6 Å². The molecule has 0 amide bonds. The summed E-state index contributed by atoms with van der Waals surface area (Å²) in [7, 11) is 2.31. The highest BCUT2D eigenvalue weighted by molar-refractivity contribution is 6.64. The molecular weight excluding hydrogens is 413 g/mol. The number of hydrogen-bond acceptors (Lipinski definition) is 2. The van der Waals surface area contributed by atoms with Crippen molar-refractivity contribution in [3.63, 3.8) is 0 Å². The number of pyridine rings is 1. The Morgan fingerprint density at radius 2 is 1.79 bits per heavy atom. The van der Waals surface area contributed by atoms with Gasteiger partial charge in [0.25, 0.3) is 5.82 Å². The van der Waals surface area contributed by atoms with Gasteiger partial charge < -0.3 is 4.81 Å². The molecule has 0 bridgehead atoms. The van der Waals surface area contributed by atoms with Crippen LogP contribution in [0.2, 0.25) is 5.31 Å². The van der Waals surface area contributed by atoms with Gasteiger partial charge in [-0.2, -0.15) is 0 Å². The third kappa shape index (κ3) is 3.32. The number of likely N-dealkylation sites (N-methyl/N-ethyl adjacent to an activating group) is 1. The van der Waals surface area contributed by atoms with Gasteiger partial charge in [-0.1, -0.05) is 70.5 Å². The predicted molar refractivity (Wildman–Crippen MR) is 147 cm³/mol. The fraction of sp³-hybridized carbons (Fsp3) is 0.500. The van der Waals surface area contributed by atoms with E-state index < -0.39 is 0 Å². The lowest BCUT2D eigenvalue weighted by molar-refractivity contribution is -0.758. The lowest BCUT2D eigenvalue weighted by atomic mass is 9.40. The average molecular weight is 454 g/mol. The summed E-state index contributed by atoms with van der Waals surface area (Å²) in [4.78, 5) is 5.24. The summed E-state index contributed by atoms with van der Waals surface area (Å²) in [5, 5.41) is 2.87. The topological polar surface area (TPSA) is 10.4 Å². The zero-order valence-corrected chi connectivity index (χ0v) is 22.1. The Hall–Kier alpha value is -2.33. The number of fused-ring (bicyclic) bond motifs is 4. The second-order valence-corrected chi connectivity index (χ2v) is 11.1. The molecule has 4 heteroatoms. The van der Waals surface area contributed by atoms with Crippen LogP contribution < -0.4 is 9.38 Å². The van der Waals surface area contributed by atoms with Crippen LogP contribution in [0.3, 0.4) is 0 Å². The van der Waals surface area contributed by atoms with E-state index in [2.05, 4.69) is 111 Å². The smallest absolute Gasteiger partial charge is 0.308 e. The van der Waals surface area contributed by atoms with Gasteiger partial charge in [0.15, 0.2) is 0 Å². The van der Waals surface area contributed by atoms with Crippen LogP contribution in [-0.4, -0.2) is 31.9 Å². The lowest BCUT2D eigenvalue weighted by Gasteiger charge is -2.51. The number of anilines is 1. The minimum atomic E-state index is 0.0464. The molecule has 0 N–H and O–H groups in total. The van der Waals surface area contributed by atoms with Crippen LogP contribution in [0.25, 0.3) is 21.9 Å². The lowest BCUT2D eigenvalue weighted by Crippen LogP contribution is -2.74. The van der Waals surface area contributed by atoms with Crippen molar-refractivity contribution in [2.75, 3.05) is 24.9 Å². The number of aryl methyl sites for hydroxylation is 1. The van der Waals surface area contributed by atoms with Crippen molar-refractivity contribution in [2.24, 2.45) is 0 Å². The zero-order valence-electron chi connectivity index (χ0n) is 22.1. The number of aromatic nitrogens is 1. The minimum absolute atomic E-state index is 0.0464. The molecule has 0 spiro atoms. The molecule has 34 heavy (non-hydrogen) atoms. The van der Waals surface area contributed by atoms with E-state index in [0.29, 0.717) is 6.98 Å². The Morgan fingerprint density at radius 1 is 0.971 bits per heavy atom. The van der Waals surface area contributed by atoms with E-state index in [1.165, 1.54) is 52.5 Å². The maximum atomic E-state index is 2.66. The number of rotatable bonds is 6. The van der Waals surface area contributed by atoms with Gasteiger partial charge in [0, 0.05) is 18.2 Å². The van der Waals surface area contributed by atoms with Crippen molar-refractivity contribution in [3.05, 3.63) is 60.3 Å². The molecule has 3 aromatic rings. The molecule has 0 radical (unpaired) electrons. The Labute approximate surface area is 206 Å². The number of hydrogen-bond donors (Lipinski definition) is 0. The summed E-state index contributed by atoms with van der Waals surface area (Å²) in [5.74, 6) is 1.37. The molecule has 2 aliphatic heterocycles. The van der Waals surface area contributed by atoms with Crippen molar-refractivity contribution >= 4 is 23.6 Å². The van der Waals surface area contributed by atoms with E-state index in [-0.39, 0.29) is 10.9 Å². The monoisotopic (exact) mass is 454 g/mol. The van der Waals surface area contributed by atoms with E-state index in [1.54, 1.807) is 0 Å². The summed E-state index contributed by atoms with van der Waals surface area (Å²) in [6.07, 6.45) is 8.40. The fourth-order valence-electron chi connectivity index (χ4n) is 6.91. The van der Waals surface area contributed by atoms with Crippen LogP contribution in [0.15, 0.2) is 54.7 Å². The first-order chi connectivity index (χ1) is 16.4. The van der Waals surface area contributed by atoms with Gasteiger partial charge in [0.1, 0.15) is 5.54 Å². The van der Waals surface area contributed by atoms with E-state index in [4.69, 9.17) is 0 Å². The van der Waals surface area contributed by atoms with E-state index in [1.807, 2.05) is 0 Å². The molecule has 0 aliphatic carbocycles. The van der Waals surface area contributed by atoms with Crippen LogP contribution >= 0.6 is 0 Å². The SMILES string of the molecule is CCCCc1ccc2c(-c3ccc4[n+](c3)C(C)(CC)C(C)(CC)B3N(C)CCN34)cccc2c1. The van der Waals surface area contributed by atoms with E-state index >= 15 is 0 Å². The average Bonchev–Trinajstić information content (AvgIpc) is 3.27. The van der Waals surface area contributed by atoms with Crippen molar-refractivity contribution in [1.29, 1.82) is 0 Å². The first-order valence-corrected chi connectivity index (χ1v) is 13.4. The number of nitrogens with zero attached hydrogens (tertiary/aromatic N) is 3. The van der Waals surface area contributed by atoms with Gasteiger partial charge in [-0.05, 0) is 67.6 Å². The third-order valence-corrected chi connectivity index (χ3v) is 9.46. The Morgan fingerprint density at radius 3 is 2.53 bits per heavy atom. The normalized spacial score (nSPS) is 24.5. The van der Waals surface area contributed by atoms with E-state index in [0.717, 1.165) is 25.9 Å². The van der Waals surface area contributed by atoms with Crippen LogP contribution in [0, 0.1) is 0 Å². The molecule has 0 saturated carbocycles. The van der Waals surface area contributed by atoms with Gasteiger partial charge in [-0.3, -0.25) is 4.81 Å². The first kappa shape index (κ1) is 23.4. The van der Waals surface area contributed by atoms with E-state index in [9.17, 15) is 0 Å². The van der Waals surface area contributed by atoms with Gasteiger partial charge in [0.2, 0.25) is 0 Å². The van der Waals surface area contributed by atoms with Crippen molar-refractivity contribution in [3.8, 4) is 11.1 Å². The number of benzene rings is 2. The Kier molecular flexibility index (Phi) is 6.00. The Balaban J connectivity index is 1.66. The summed E-state index contributed by atoms with van der Waals surface area (Å²) in [6.45, 7) is 14.7. The Bertz CT molecular complexity index is 1210. The molecule has 1 aromatic heterocycles. The quantitative estimate of drug-likeness (QED) is 0.304. The highest BCUT2D eigenvalue weighted by atomic mass is 15.4. The number of unbranched alkanes of at least 4 members (excludes halogenated alkanes) is 1. The summed E-state index contributed by atoms with van der Waals surface area (Å²) in [5.41, 5.74) is 4.16. The largest absolute Gasteiger partial charge is 0.474 e. The van der Waals surface area contributed by atoms with Gasteiger partial charge in [-0.25, -0.2) is 4.57 Å². The maximum absolute atomic E-state index is 2.66. The molecule has 2 aromatic carbocycles. The molecule has 5 rings (SSSR count). The van der Waals surface area contributed by atoms with Crippen LogP contribution in [0.1, 0.15) is 65.9 Å². The first-order valence-electron chi connectivity index (χ1n) is 13.4. The molecule has 178 valence electrons.